The van der Waals surface area contributed by atoms with Gasteiger partial charge in [0.15, 0.2) is 0 Å². The third-order valence-corrected chi connectivity index (χ3v) is 5.17. The summed E-state index contributed by atoms with van der Waals surface area (Å²) < 4.78 is 68.0. The number of alkyl halides is 3. The Labute approximate surface area is 186 Å². The molecule has 0 saturated heterocycles. The zero-order chi connectivity index (χ0) is 23.8. The van der Waals surface area contributed by atoms with Gasteiger partial charge in [0.05, 0.1) is 29.3 Å². The van der Waals surface area contributed by atoms with Gasteiger partial charge >= 0.3 is 6.18 Å². The molecule has 0 bridgehead atoms. The number of benzene rings is 2. The monoisotopic (exact) mass is 477 g/mol. The molecule has 33 heavy (non-hydrogen) atoms. The van der Waals surface area contributed by atoms with Gasteiger partial charge in [-0.25, -0.2) is 13.4 Å². The molecule has 4 aromatic rings. The van der Waals surface area contributed by atoms with Gasteiger partial charge in [0, 0.05) is 24.3 Å². The average Bonchev–Trinajstić information content (AvgIpc) is 3.08. The van der Waals surface area contributed by atoms with E-state index in [0.717, 1.165) is 17.2 Å². The maximum atomic E-state index is 13.6. The standard InChI is InChI=1S/C20H18F3N7O2S/c1-30-17-9-13(8-7-12(17)10-25-30)26-19-24-11-14(20(21,22)23)18(28-19)27-15-5-3-4-6-16(15)29-33(2,31)32/h3-11,29H,1-2H3,(H2,24,26,27,28). The van der Waals surface area contributed by atoms with E-state index in [1.54, 1.807) is 48.3 Å². The Bertz CT molecular complexity index is 1440. The van der Waals surface area contributed by atoms with Gasteiger partial charge < -0.3 is 10.6 Å². The van der Waals surface area contributed by atoms with Crippen molar-refractivity contribution in [3.63, 3.8) is 0 Å². The first kappa shape index (κ1) is 22.3. The average molecular weight is 477 g/mol. The lowest BCUT2D eigenvalue weighted by atomic mass is 10.2. The van der Waals surface area contributed by atoms with E-state index in [1.165, 1.54) is 12.1 Å². The number of aryl methyl sites for hydroxylation is 1. The summed E-state index contributed by atoms with van der Waals surface area (Å²) in [5.74, 6) is -0.620. The van der Waals surface area contributed by atoms with Gasteiger partial charge in [-0.3, -0.25) is 9.40 Å². The molecule has 0 aliphatic carbocycles. The largest absolute Gasteiger partial charge is 0.421 e. The molecule has 2 heterocycles. The molecule has 3 N–H and O–H groups in total. The number of aromatic nitrogens is 4. The number of hydrogen-bond donors (Lipinski definition) is 3. The van der Waals surface area contributed by atoms with E-state index in [4.69, 9.17) is 0 Å². The molecule has 4 rings (SSSR count). The van der Waals surface area contributed by atoms with Crippen LogP contribution in [0.5, 0.6) is 0 Å². The summed E-state index contributed by atoms with van der Waals surface area (Å²) >= 11 is 0. The van der Waals surface area contributed by atoms with Gasteiger partial charge in [-0.15, -0.1) is 0 Å². The number of halogens is 3. The van der Waals surface area contributed by atoms with Gasteiger partial charge in [0.2, 0.25) is 16.0 Å². The predicted molar refractivity (Wildman–Crippen MR) is 119 cm³/mol. The van der Waals surface area contributed by atoms with Gasteiger partial charge in [-0.1, -0.05) is 12.1 Å². The summed E-state index contributed by atoms with van der Waals surface area (Å²) in [6.07, 6.45) is -1.45. The van der Waals surface area contributed by atoms with Crippen LogP contribution in [-0.2, 0) is 23.2 Å². The fourth-order valence-corrected chi connectivity index (χ4v) is 3.68. The first-order valence-corrected chi connectivity index (χ1v) is 11.4. The van der Waals surface area contributed by atoms with Crippen molar-refractivity contribution in [2.75, 3.05) is 21.6 Å². The molecule has 9 nitrogen and oxygen atoms in total. The van der Waals surface area contributed by atoms with E-state index in [-0.39, 0.29) is 17.3 Å². The molecule has 0 radical (unpaired) electrons. The number of anilines is 5. The van der Waals surface area contributed by atoms with Gasteiger partial charge in [0.25, 0.3) is 0 Å². The molecule has 0 aliphatic rings. The topological polar surface area (TPSA) is 114 Å². The molecule has 2 aromatic heterocycles. The van der Waals surface area contributed by atoms with Gasteiger partial charge in [-0.2, -0.15) is 23.3 Å². The smallest absolute Gasteiger partial charge is 0.338 e. The minimum absolute atomic E-state index is 0.0721. The Morgan fingerprint density at radius 2 is 1.73 bits per heavy atom. The van der Waals surface area contributed by atoms with Crippen LogP contribution in [0.15, 0.2) is 54.9 Å². The Morgan fingerprint density at radius 3 is 2.42 bits per heavy atom. The molecule has 172 valence electrons. The van der Waals surface area contributed by atoms with Crippen LogP contribution in [-0.4, -0.2) is 34.4 Å². The molecule has 0 aliphatic heterocycles. The second-order valence-corrected chi connectivity index (χ2v) is 8.91. The fourth-order valence-electron chi connectivity index (χ4n) is 3.10. The lowest BCUT2D eigenvalue weighted by Gasteiger charge is -2.17. The van der Waals surface area contributed by atoms with E-state index in [1.807, 2.05) is 0 Å². The molecule has 0 atom stereocenters. The zero-order valence-electron chi connectivity index (χ0n) is 17.3. The molecular weight excluding hydrogens is 459 g/mol. The minimum atomic E-state index is -4.74. The predicted octanol–water partition coefficient (Wildman–Crippen LogP) is 4.24. The second kappa shape index (κ2) is 8.24. The van der Waals surface area contributed by atoms with Crippen LogP contribution in [0.2, 0.25) is 0 Å². The van der Waals surface area contributed by atoms with Crippen LogP contribution in [0, 0.1) is 0 Å². The van der Waals surface area contributed by atoms with Crippen molar-refractivity contribution in [3.8, 4) is 0 Å². The number of hydrogen-bond acceptors (Lipinski definition) is 7. The summed E-state index contributed by atoms with van der Waals surface area (Å²) in [6, 6.07) is 11.2. The number of para-hydroxylation sites is 2. The molecule has 0 amide bonds. The van der Waals surface area contributed by atoms with Crippen LogP contribution >= 0.6 is 0 Å². The number of rotatable bonds is 6. The minimum Gasteiger partial charge on any atom is -0.338 e. The molecule has 0 unspecified atom stereocenters. The van der Waals surface area contributed by atoms with Crippen LogP contribution in [0.1, 0.15) is 5.56 Å². The number of sulfonamides is 1. The second-order valence-electron chi connectivity index (χ2n) is 7.17. The summed E-state index contributed by atoms with van der Waals surface area (Å²) in [7, 11) is -1.89. The summed E-state index contributed by atoms with van der Waals surface area (Å²) in [5.41, 5.74) is 0.420. The Kier molecular flexibility index (Phi) is 5.57. The molecular formula is C20H18F3N7O2S. The number of fused-ring (bicyclic) bond motifs is 1. The highest BCUT2D eigenvalue weighted by Gasteiger charge is 2.35. The lowest BCUT2D eigenvalue weighted by Crippen LogP contribution is -2.14. The van der Waals surface area contributed by atoms with Crippen LogP contribution in [0.3, 0.4) is 0 Å². The van der Waals surface area contributed by atoms with Gasteiger partial charge in [-0.05, 0) is 30.3 Å². The van der Waals surface area contributed by atoms with E-state index < -0.39 is 27.6 Å². The van der Waals surface area contributed by atoms with Crippen molar-refractivity contribution in [3.05, 3.63) is 60.4 Å². The third kappa shape index (κ3) is 5.14. The third-order valence-electron chi connectivity index (χ3n) is 4.57. The molecule has 2 aromatic carbocycles. The van der Waals surface area contributed by atoms with Crippen LogP contribution in [0.4, 0.5) is 42.0 Å². The van der Waals surface area contributed by atoms with Crippen LogP contribution in [0.25, 0.3) is 10.9 Å². The highest BCUT2D eigenvalue weighted by atomic mass is 32.2. The van der Waals surface area contributed by atoms with Crippen molar-refractivity contribution in [1.29, 1.82) is 0 Å². The maximum absolute atomic E-state index is 13.6. The van der Waals surface area contributed by atoms with Crippen molar-refractivity contribution < 1.29 is 21.6 Å². The van der Waals surface area contributed by atoms with E-state index >= 15 is 0 Å². The van der Waals surface area contributed by atoms with Gasteiger partial charge in [0.1, 0.15) is 11.4 Å². The summed E-state index contributed by atoms with van der Waals surface area (Å²) in [6.45, 7) is 0. The lowest BCUT2D eigenvalue weighted by molar-refractivity contribution is -0.137. The summed E-state index contributed by atoms with van der Waals surface area (Å²) in [5, 5.41) is 10.5. The quantitative estimate of drug-likeness (QED) is 0.381. The molecule has 0 fully saturated rings. The fraction of sp³-hybridized carbons (Fsp3) is 0.150. The van der Waals surface area contributed by atoms with E-state index in [0.29, 0.717) is 11.9 Å². The Balaban J connectivity index is 1.71. The first-order valence-electron chi connectivity index (χ1n) is 9.46. The maximum Gasteiger partial charge on any atom is 0.421 e. The number of nitrogens with one attached hydrogen (secondary N) is 3. The molecule has 13 heteroatoms. The summed E-state index contributed by atoms with van der Waals surface area (Å²) in [4.78, 5) is 7.80. The van der Waals surface area contributed by atoms with E-state index in [2.05, 4.69) is 30.4 Å². The normalized spacial score (nSPS) is 12.0. The molecule has 0 saturated carbocycles. The number of nitrogens with zero attached hydrogens (tertiary/aromatic N) is 4. The Hall–Kier alpha value is -3.87. The van der Waals surface area contributed by atoms with Crippen molar-refractivity contribution in [2.45, 2.75) is 6.18 Å². The molecule has 0 spiro atoms. The highest BCUT2D eigenvalue weighted by Crippen LogP contribution is 2.36. The van der Waals surface area contributed by atoms with Crippen molar-refractivity contribution in [1.82, 2.24) is 19.7 Å². The van der Waals surface area contributed by atoms with Crippen LogP contribution < -0.4 is 15.4 Å². The zero-order valence-corrected chi connectivity index (χ0v) is 18.2. The van der Waals surface area contributed by atoms with Crippen molar-refractivity contribution >= 4 is 49.8 Å². The van der Waals surface area contributed by atoms with Crippen molar-refractivity contribution in [2.24, 2.45) is 7.05 Å². The highest BCUT2D eigenvalue weighted by molar-refractivity contribution is 7.92. The SMILES string of the molecule is Cn1ncc2ccc(Nc3ncc(C(F)(F)F)c(Nc4ccccc4NS(C)(=O)=O)n3)cc21. The Morgan fingerprint density at radius 1 is 1.00 bits per heavy atom. The first-order chi connectivity index (χ1) is 15.5. The van der Waals surface area contributed by atoms with E-state index in [9.17, 15) is 21.6 Å².